The molecule has 0 aliphatic heterocycles. The summed E-state index contributed by atoms with van der Waals surface area (Å²) >= 11 is 0. The fourth-order valence-electron chi connectivity index (χ4n) is 2.07. The summed E-state index contributed by atoms with van der Waals surface area (Å²) in [5.74, 6) is 1.17. The Morgan fingerprint density at radius 3 is 1.85 bits per heavy atom. The molecular weight excluding hydrogens is 334 g/mol. The highest BCUT2D eigenvalue weighted by Gasteiger charge is 2.17. The first-order chi connectivity index (χ1) is 11.9. The van der Waals surface area contributed by atoms with Gasteiger partial charge >= 0.3 is 0 Å². The van der Waals surface area contributed by atoms with Crippen molar-refractivity contribution in [2.45, 2.75) is 52.6 Å². The molecule has 2 rings (SSSR count). The number of rotatable bonds is 5. The summed E-state index contributed by atoms with van der Waals surface area (Å²) in [4.78, 5) is 13.2. The second-order valence-corrected chi connectivity index (χ2v) is 8.07. The maximum atomic E-state index is 11.1. The lowest BCUT2D eigenvalue weighted by Gasteiger charge is -2.23. The van der Waals surface area contributed by atoms with Gasteiger partial charge in [0.15, 0.2) is 5.69 Å². The van der Waals surface area contributed by atoms with Crippen LogP contribution >= 0.6 is 0 Å². The minimum Gasteiger partial charge on any atom is -0.595 e. The summed E-state index contributed by atoms with van der Waals surface area (Å²) in [5.41, 5.74) is 0.325. The fraction of sp³-hybridized carbons (Fsp3) is 0.471. The Labute approximate surface area is 153 Å². The maximum absolute atomic E-state index is 11.1. The van der Waals surface area contributed by atoms with Crippen LogP contribution in [0.15, 0.2) is 24.3 Å². The Balaban J connectivity index is 2.35. The molecule has 0 radical (unpaired) electrons. The minimum atomic E-state index is -0.991. The molecule has 142 valence electrons. The van der Waals surface area contributed by atoms with Gasteiger partial charge < -0.3 is 21.2 Å². The van der Waals surface area contributed by atoms with E-state index in [0.717, 1.165) is 0 Å². The second kappa shape index (κ2) is 7.40. The van der Waals surface area contributed by atoms with Crippen molar-refractivity contribution in [1.82, 2.24) is 15.0 Å². The van der Waals surface area contributed by atoms with Crippen LogP contribution in [0.4, 0.5) is 29.2 Å². The zero-order valence-electron chi connectivity index (χ0n) is 16.0. The smallest absolute Gasteiger partial charge is 0.233 e. The van der Waals surface area contributed by atoms with Crippen molar-refractivity contribution in [2.75, 3.05) is 16.0 Å². The lowest BCUT2D eigenvalue weighted by molar-refractivity contribution is -0.991. The van der Waals surface area contributed by atoms with E-state index in [1.54, 1.807) is 12.1 Å². The SMILES string of the molecule is CC(C)(C)Nc1nc(Nc2cccc([NH+]([O-])O)c2)nc(NC(C)(C)C)n1. The molecule has 26 heavy (non-hydrogen) atoms. The van der Waals surface area contributed by atoms with E-state index in [0.29, 0.717) is 23.5 Å². The third kappa shape index (κ3) is 6.43. The summed E-state index contributed by atoms with van der Waals surface area (Å²) in [6, 6.07) is 6.47. The molecule has 0 aliphatic rings. The molecule has 0 amide bonds. The quantitative estimate of drug-likeness (QED) is 0.515. The zero-order chi connectivity index (χ0) is 19.5. The number of hydrogen-bond acceptors (Lipinski definition) is 8. The predicted octanol–water partition coefficient (Wildman–Crippen LogP) is 2.44. The number of aromatic nitrogens is 3. The van der Waals surface area contributed by atoms with E-state index >= 15 is 0 Å². The summed E-state index contributed by atoms with van der Waals surface area (Å²) in [5, 5.41) is 28.8. The molecule has 5 N–H and O–H groups in total. The lowest BCUT2D eigenvalue weighted by Crippen LogP contribution is -2.99. The number of nitrogens with one attached hydrogen (secondary N) is 4. The van der Waals surface area contributed by atoms with Gasteiger partial charge in [0.05, 0.1) is 0 Å². The Bertz CT molecular complexity index is 717. The Kier molecular flexibility index (Phi) is 5.65. The van der Waals surface area contributed by atoms with Crippen LogP contribution in [0.1, 0.15) is 41.5 Å². The monoisotopic (exact) mass is 361 g/mol. The highest BCUT2D eigenvalue weighted by Crippen LogP contribution is 2.20. The highest BCUT2D eigenvalue weighted by atomic mass is 16.8. The van der Waals surface area contributed by atoms with Gasteiger partial charge in [-0.05, 0) is 47.6 Å². The minimum absolute atomic E-state index is 0.185. The van der Waals surface area contributed by atoms with E-state index in [2.05, 4.69) is 30.9 Å². The van der Waals surface area contributed by atoms with Crippen molar-refractivity contribution in [3.63, 3.8) is 0 Å². The number of quaternary nitrogens is 1. The summed E-state index contributed by atoms with van der Waals surface area (Å²) < 4.78 is 0. The van der Waals surface area contributed by atoms with E-state index in [1.165, 1.54) is 12.1 Å². The van der Waals surface area contributed by atoms with Crippen molar-refractivity contribution in [2.24, 2.45) is 0 Å². The van der Waals surface area contributed by atoms with Gasteiger partial charge in [0.25, 0.3) is 0 Å². The molecule has 0 spiro atoms. The fourth-order valence-corrected chi connectivity index (χ4v) is 2.07. The van der Waals surface area contributed by atoms with Crippen LogP contribution in [-0.4, -0.2) is 31.2 Å². The predicted molar refractivity (Wildman–Crippen MR) is 102 cm³/mol. The van der Waals surface area contributed by atoms with Gasteiger partial charge in [-0.25, -0.2) is 5.21 Å². The first-order valence-corrected chi connectivity index (χ1v) is 8.34. The molecule has 9 heteroatoms. The average molecular weight is 361 g/mol. The largest absolute Gasteiger partial charge is 0.595 e. The Morgan fingerprint density at radius 2 is 1.38 bits per heavy atom. The van der Waals surface area contributed by atoms with Crippen molar-refractivity contribution in [3.05, 3.63) is 29.5 Å². The van der Waals surface area contributed by atoms with Crippen LogP contribution in [0.3, 0.4) is 0 Å². The van der Waals surface area contributed by atoms with Gasteiger partial charge in [0.2, 0.25) is 17.8 Å². The Hall–Kier alpha value is -2.49. The third-order valence-corrected chi connectivity index (χ3v) is 2.97. The first kappa shape index (κ1) is 19.8. The van der Waals surface area contributed by atoms with Crippen LogP contribution < -0.4 is 21.2 Å². The van der Waals surface area contributed by atoms with Gasteiger partial charge in [-0.1, -0.05) is 6.07 Å². The average Bonchev–Trinajstić information content (AvgIpc) is 2.43. The zero-order valence-corrected chi connectivity index (χ0v) is 16.0. The Morgan fingerprint density at radius 1 is 0.885 bits per heavy atom. The van der Waals surface area contributed by atoms with Crippen LogP contribution in [-0.2, 0) is 0 Å². The van der Waals surface area contributed by atoms with Crippen LogP contribution in [0.5, 0.6) is 0 Å². The molecule has 1 heterocycles. The molecule has 2 aromatic rings. The first-order valence-electron chi connectivity index (χ1n) is 8.34. The van der Waals surface area contributed by atoms with Crippen molar-refractivity contribution < 1.29 is 10.4 Å². The number of hydrogen-bond donors (Lipinski definition) is 5. The summed E-state index contributed by atoms with van der Waals surface area (Å²) in [7, 11) is 0. The molecule has 1 aromatic heterocycles. The summed E-state index contributed by atoms with van der Waals surface area (Å²) in [6.07, 6.45) is 0. The standard InChI is InChI=1S/C17H27N7O2/c1-16(2,3)22-14-19-13(20-15(21-14)23-17(4,5)6)18-11-8-7-9-12(10-11)24(25)26/h7-10,24-25H,1-6H3,(H3,18,19,20,21,22,23). The normalized spacial score (nSPS) is 13.2. The van der Waals surface area contributed by atoms with E-state index in [1.807, 2.05) is 41.5 Å². The van der Waals surface area contributed by atoms with E-state index in [9.17, 15) is 5.21 Å². The van der Waals surface area contributed by atoms with E-state index in [4.69, 9.17) is 5.21 Å². The van der Waals surface area contributed by atoms with Crippen LogP contribution in [0.2, 0.25) is 0 Å². The lowest BCUT2D eigenvalue weighted by atomic mass is 10.1. The van der Waals surface area contributed by atoms with Gasteiger partial charge in [0, 0.05) is 28.9 Å². The van der Waals surface area contributed by atoms with Crippen molar-refractivity contribution in [3.8, 4) is 0 Å². The molecule has 1 unspecified atom stereocenters. The van der Waals surface area contributed by atoms with E-state index in [-0.39, 0.29) is 16.8 Å². The molecule has 1 atom stereocenters. The van der Waals surface area contributed by atoms with Crippen LogP contribution in [0.25, 0.3) is 0 Å². The second-order valence-electron chi connectivity index (χ2n) is 8.07. The third-order valence-electron chi connectivity index (χ3n) is 2.97. The number of nitrogens with zero attached hydrogens (tertiary/aromatic N) is 3. The van der Waals surface area contributed by atoms with Gasteiger partial charge in [-0.15, -0.1) is 0 Å². The molecule has 0 bridgehead atoms. The van der Waals surface area contributed by atoms with Gasteiger partial charge in [0.1, 0.15) is 0 Å². The molecular formula is C17H27N7O2. The van der Waals surface area contributed by atoms with Gasteiger partial charge in [-0.2, -0.15) is 20.2 Å². The summed E-state index contributed by atoms with van der Waals surface area (Å²) in [6.45, 7) is 12.1. The van der Waals surface area contributed by atoms with Crippen molar-refractivity contribution in [1.29, 1.82) is 0 Å². The molecule has 0 saturated heterocycles. The van der Waals surface area contributed by atoms with E-state index < -0.39 is 5.23 Å². The molecule has 0 fully saturated rings. The molecule has 9 nitrogen and oxygen atoms in total. The maximum Gasteiger partial charge on any atom is 0.233 e. The topological polar surface area (TPSA) is 122 Å². The van der Waals surface area contributed by atoms with Crippen LogP contribution in [0, 0.1) is 5.21 Å². The highest BCUT2D eigenvalue weighted by molar-refractivity contribution is 5.59. The van der Waals surface area contributed by atoms with Crippen molar-refractivity contribution >= 4 is 29.2 Å². The molecule has 0 aliphatic carbocycles. The number of anilines is 4. The molecule has 0 saturated carbocycles. The van der Waals surface area contributed by atoms with Gasteiger partial charge in [-0.3, -0.25) is 0 Å². The number of benzene rings is 1. The molecule has 1 aromatic carbocycles.